The van der Waals surface area contributed by atoms with Crippen molar-refractivity contribution in [3.63, 3.8) is 0 Å². The second-order valence-electron chi connectivity index (χ2n) is 11.4. The molecule has 0 radical (unpaired) electrons. The number of benzene rings is 6. The fraction of sp³-hybridized carbons (Fsp3) is 0.0476. The van der Waals surface area contributed by atoms with Gasteiger partial charge in [-0.25, -0.2) is 4.79 Å². The van der Waals surface area contributed by atoms with Crippen molar-refractivity contribution in [1.29, 1.82) is 0 Å². The quantitative estimate of drug-likeness (QED) is 0.0269. The zero-order valence-electron chi connectivity index (χ0n) is 28.0. The van der Waals surface area contributed by atoms with E-state index in [1.807, 2.05) is 54.6 Å². The average Bonchev–Trinajstić information content (AvgIpc) is 3.21. The molecule has 0 aliphatic rings. The molecule has 0 saturated heterocycles. The minimum atomic E-state index is -3.91. The second-order valence-corrected chi connectivity index (χ2v) is 16.5. The Morgan fingerprint density at radius 3 is 1.60 bits per heavy atom. The Hall–Kier alpha value is -5.18. The topological polar surface area (TPSA) is 99.1 Å². The zero-order chi connectivity index (χ0) is 37.0. The van der Waals surface area contributed by atoms with Crippen LogP contribution in [0, 0.1) is 0 Å². The molecule has 11 heteroatoms. The highest BCUT2D eigenvalue weighted by atomic mass is 35.5. The van der Waals surface area contributed by atoms with Crippen molar-refractivity contribution in [3.8, 4) is 0 Å². The lowest BCUT2D eigenvalue weighted by Crippen LogP contribution is -2.21. The third-order valence-corrected chi connectivity index (χ3v) is 12.5. The molecule has 0 spiro atoms. The number of hydrogen-bond donors (Lipinski definition) is 0. The summed E-state index contributed by atoms with van der Waals surface area (Å²) in [5, 5.41) is 5.17. The fourth-order valence-electron chi connectivity index (χ4n) is 5.12. The number of rotatable bonds is 14. The van der Waals surface area contributed by atoms with Gasteiger partial charge in [0, 0.05) is 48.6 Å². The molecule has 0 aromatic heterocycles. The lowest BCUT2D eigenvalue weighted by molar-refractivity contribution is 0.0999. The number of Topliss-reactive ketones (excluding diaryl/α,β-unsaturated/α-hetero) is 1. The first-order valence-corrected chi connectivity index (χ1v) is 20.2. The van der Waals surface area contributed by atoms with Gasteiger partial charge in [-0.3, -0.25) is 19.0 Å². The number of halogens is 1. The molecule has 0 saturated carbocycles. The summed E-state index contributed by atoms with van der Waals surface area (Å²) in [4.78, 5) is 47.5. The van der Waals surface area contributed by atoms with Crippen molar-refractivity contribution >= 4 is 76.5 Å². The largest absolute Gasteiger partial charge is 0.540 e. The van der Waals surface area contributed by atoms with Gasteiger partial charge in [0.15, 0.2) is 5.78 Å². The van der Waals surface area contributed by atoms with Crippen LogP contribution in [0.2, 0.25) is 5.02 Å². The second kappa shape index (κ2) is 18.0. The molecular weight excluding hydrogens is 745 g/mol. The predicted molar refractivity (Wildman–Crippen MR) is 213 cm³/mol. The summed E-state index contributed by atoms with van der Waals surface area (Å²) in [7, 11) is -3.91. The molecule has 0 fully saturated rings. The summed E-state index contributed by atoms with van der Waals surface area (Å²) in [6, 6.07) is 47.5. The maximum Gasteiger partial charge on any atom is 0.540 e. The van der Waals surface area contributed by atoms with Gasteiger partial charge in [0.05, 0.1) is 10.6 Å². The van der Waals surface area contributed by atoms with Gasteiger partial charge in [0.1, 0.15) is 5.71 Å². The Labute approximate surface area is 320 Å². The summed E-state index contributed by atoms with van der Waals surface area (Å²) >= 11 is 8.99. The number of hydrogen-bond acceptors (Lipinski definition) is 9. The van der Waals surface area contributed by atoms with E-state index in [1.54, 1.807) is 109 Å². The van der Waals surface area contributed by atoms with Crippen LogP contribution < -0.4 is 10.6 Å². The Morgan fingerprint density at radius 2 is 1.06 bits per heavy atom. The Morgan fingerprint density at radius 1 is 0.585 bits per heavy atom. The summed E-state index contributed by atoms with van der Waals surface area (Å²) in [6.07, 6.45) is -1.15. The first-order valence-electron chi connectivity index (χ1n) is 16.4. The van der Waals surface area contributed by atoms with E-state index in [1.165, 1.54) is 23.5 Å². The van der Waals surface area contributed by atoms with Gasteiger partial charge in [-0.2, -0.15) is 0 Å². The molecule has 0 aliphatic heterocycles. The lowest BCUT2D eigenvalue weighted by atomic mass is 10.0. The minimum absolute atomic E-state index is 0.0169. The maximum absolute atomic E-state index is 14.2. The molecule has 6 aromatic carbocycles. The van der Waals surface area contributed by atoms with Gasteiger partial charge in [-0.05, 0) is 97.1 Å². The van der Waals surface area contributed by atoms with Crippen LogP contribution in [0.25, 0.3) is 0 Å². The Balaban J connectivity index is 1.16. The molecule has 0 amide bonds. The van der Waals surface area contributed by atoms with Crippen LogP contribution in [0.3, 0.4) is 0 Å². The lowest BCUT2D eigenvalue weighted by Gasteiger charge is -2.17. The van der Waals surface area contributed by atoms with Gasteiger partial charge in [-0.15, -0.1) is 11.8 Å². The predicted octanol–water partition coefficient (Wildman–Crippen LogP) is 10.5. The van der Waals surface area contributed by atoms with E-state index in [2.05, 4.69) is 5.16 Å². The number of nitrogens with zero attached hydrogens (tertiary/aromatic N) is 1. The number of thioether (sulfide) groups is 1. The van der Waals surface area contributed by atoms with Crippen molar-refractivity contribution in [2.45, 2.75) is 21.1 Å². The van der Waals surface area contributed by atoms with E-state index < -0.39 is 19.3 Å². The third-order valence-electron chi connectivity index (χ3n) is 7.81. The third kappa shape index (κ3) is 10.0. The van der Waals surface area contributed by atoms with Crippen LogP contribution in [0.15, 0.2) is 184 Å². The number of oxime groups is 1. The summed E-state index contributed by atoms with van der Waals surface area (Å²) in [5.74, 6) is -0.0507. The van der Waals surface area contributed by atoms with Gasteiger partial charge in [0.2, 0.25) is 5.78 Å². The Bertz CT molecular complexity index is 2210. The monoisotopic (exact) mass is 775 g/mol. The van der Waals surface area contributed by atoms with Crippen molar-refractivity contribution in [3.05, 3.63) is 186 Å². The van der Waals surface area contributed by atoms with Crippen LogP contribution in [0.5, 0.6) is 0 Å². The standard InChI is InChI=1S/C42H31ClNO6PS2/c43-33-20-26-36(27-21-33)52-29-28-39(44-49-42(47)50-51(48,34-12-6-2-7-13-34)35-14-8-3-9-15-35)41(46)32-18-24-38(25-19-32)53-37-22-16-31(17-23-37)40(45)30-10-4-1-5-11-30/h1-27H,28-29H2/b44-39+. The van der Waals surface area contributed by atoms with E-state index in [0.717, 1.165) is 14.7 Å². The fourth-order valence-corrected chi connectivity index (χ4v) is 8.81. The highest BCUT2D eigenvalue weighted by molar-refractivity contribution is 7.99. The minimum Gasteiger partial charge on any atom is -0.371 e. The first-order chi connectivity index (χ1) is 25.8. The van der Waals surface area contributed by atoms with Gasteiger partial charge in [0.25, 0.3) is 0 Å². The first kappa shape index (κ1) is 37.6. The van der Waals surface area contributed by atoms with Crippen LogP contribution >= 0.6 is 42.5 Å². The maximum atomic E-state index is 14.2. The van der Waals surface area contributed by atoms with E-state index >= 15 is 0 Å². The highest BCUT2D eigenvalue weighted by Gasteiger charge is 2.33. The summed E-state index contributed by atoms with van der Waals surface area (Å²) < 4.78 is 19.7. The van der Waals surface area contributed by atoms with Crippen molar-refractivity contribution < 1.29 is 28.3 Å². The van der Waals surface area contributed by atoms with Crippen LogP contribution in [-0.2, 0) is 13.9 Å². The van der Waals surface area contributed by atoms with Gasteiger partial charge < -0.3 is 4.52 Å². The van der Waals surface area contributed by atoms with Crippen molar-refractivity contribution in [1.82, 2.24) is 0 Å². The molecule has 264 valence electrons. The molecular formula is C42H31ClNO6PS2. The molecule has 0 bridgehead atoms. The molecule has 0 atom stereocenters. The smallest absolute Gasteiger partial charge is 0.371 e. The molecule has 0 N–H and O–H groups in total. The normalized spacial score (nSPS) is 11.5. The SMILES string of the molecule is O=C(O/N=C(\CCSc1ccc(Cl)cc1)C(=O)c1ccc(Sc2ccc(C(=O)c3ccccc3)cc2)cc1)OP(=O)(c1ccccc1)c1ccccc1. The van der Waals surface area contributed by atoms with Crippen LogP contribution in [-0.4, -0.2) is 29.2 Å². The molecule has 7 nitrogen and oxygen atoms in total. The van der Waals surface area contributed by atoms with Crippen molar-refractivity contribution in [2.75, 3.05) is 5.75 Å². The number of carbonyl (C=O) groups is 3. The molecule has 6 aromatic rings. The summed E-state index contributed by atoms with van der Waals surface area (Å²) in [5.41, 5.74) is 1.54. The Kier molecular flexibility index (Phi) is 12.8. The van der Waals surface area contributed by atoms with E-state index in [0.29, 0.717) is 38.1 Å². The van der Waals surface area contributed by atoms with Gasteiger partial charge in [-0.1, -0.05) is 95.2 Å². The molecule has 0 heterocycles. The van der Waals surface area contributed by atoms with E-state index in [9.17, 15) is 18.9 Å². The van der Waals surface area contributed by atoms with Crippen LogP contribution in [0.4, 0.5) is 4.79 Å². The van der Waals surface area contributed by atoms with Crippen LogP contribution in [0.1, 0.15) is 32.7 Å². The number of carbonyl (C=O) groups excluding carboxylic acids is 3. The molecule has 53 heavy (non-hydrogen) atoms. The molecule has 0 aliphatic carbocycles. The molecule has 6 rings (SSSR count). The zero-order valence-corrected chi connectivity index (χ0v) is 31.3. The van der Waals surface area contributed by atoms with E-state index in [-0.39, 0.29) is 17.9 Å². The summed E-state index contributed by atoms with van der Waals surface area (Å²) in [6.45, 7) is 0. The molecule has 0 unspecified atom stereocenters. The highest BCUT2D eigenvalue weighted by Crippen LogP contribution is 2.45. The average molecular weight is 776 g/mol. The number of ketones is 2. The van der Waals surface area contributed by atoms with Gasteiger partial charge >= 0.3 is 13.5 Å². The van der Waals surface area contributed by atoms with E-state index in [4.69, 9.17) is 21.0 Å². The van der Waals surface area contributed by atoms with Crippen molar-refractivity contribution in [2.24, 2.45) is 5.16 Å².